The summed E-state index contributed by atoms with van der Waals surface area (Å²) in [6, 6.07) is 0. The number of nitrogens with zero attached hydrogens (tertiary/aromatic N) is 1. The Kier molecular flexibility index (Phi) is 5.77. The molecule has 76 valence electrons. The SMILES string of the molecule is CCN(C=CC(=O)C(Cl)(Cl)Cl)CC. The Labute approximate surface area is 93.4 Å². The minimum Gasteiger partial charge on any atom is -0.378 e. The summed E-state index contributed by atoms with van der Waals surface area (Å²) in [4.78, 5) is 13.0. The van der Waals surface area contributed by atoms with Gasteiger partial charge in [0.25, 0.3) is 3.79 Å². The van der Waals surface area contributed by atoms with E-state index in [-0.39, 0.29) is 0 Å². The van der Waals surface area contributed by atoms with Gasteiger partial charge < -0.3 is 4.90 Å². The minimum absolute atomic E-state index is 0.524. The van der Waals surface area contributed by atoms with E-state index in [2.05, 4.69) is 0 Å². The summed E-state index contributed by atoms with van der Waals surface area (Å²) >= 11 is 16.1. The van der Waals surface area contributed by atoms with Crippen LogP contribution in [0.5, 0.6) is 0 Å². The molecule has 0 heterocycles. The number of alkyl halides is 3. The van der Waals surface area contributed by atoms with Crippen LogP contribution in [0, 0.1) is 0 Å². The lowest BCUT2D eigenvalue weighted by Crippen LogP contribution is -2.19. The van der Waals surface area contributed by atoms with Gasteiger partial charge in [0.05, 0.1) is 0 Å². The summed E-state index contributed by atoms with van der Waals surface area (Å²) in [5.41, 5.74) is 0. The normalized spacial score (nSPS) is 12.1. The highest BCUT2D eigenvalue weighted by atomic mass is 35.6. The summed E-state index contributed by atoms with van der Waals surface area (Å²) in [7, 11) is 0. The van der Waals surface area contributed by atoms with E-state index < -0.39 is 9.58 Å². The molecule has 0 amide bonds. The fourth-order valence-corrected chi connectivity index (χ4v) is 0.891. The Balaban J connectivity index is 4.19. The molecule has 0 saturated carbocycles. The van der Waals surface area contributed by atoms with Gasteiger partial charge in [-0.25, -0.2) is 0 Å². The maximum Gasteiger partial charge on any atom is 0.252 e. The predicted molar refractivity (Wildman–Crippen MR) is 57.4 cm³/mol. The van der Waals surface area contributed by atoms with Crippen LogP contribution in [0.1, 0.15) is 13.8 Å². The molecule has 0 aliphatic carbocycles. The van der Waals surface area contributed by atoms with Crippen molar-refractivity contribution in [2.45, 2.75) is 17.6 Å². The molecular weight excluding hydrogens is 232 g/mol. The molecule has 13 heavy (non-hydrogen) atoms. The quantitative estimate of drug-likeness (QED) is 0.560. The number of carbonyl (C=O) groups excluding carboxylic acids is 1. The van der Waals surface area contributed by atoms with Gasteiger partial charge in [-0.1, -0.05) is 34.8 Å². The van der Waals surface area contributed by atoms with E-state index in [1.807, 2.05) is 18.7 Å². The lowest BCUT2D eigenvalue weighted by molar-refractivity contribution is -0.113. The van der Waals surface area contributed by atoms with Crippen LogP contribution in [-0.4, -0.2) is 27.6 Å². The van der Waals surface area contributed by atoms with E-state index in [9.17, 15) is 4.79 Å². The fraction of sp³-hybridized carbons (Fsp3) is 0.625. The highest BCUT2D eigenvalue weighted by Gasteiger charge is 2.27. The summed E-state index contributed by atoms with van der Waals surface area (Å²) in [6.45, 7) is 5.60. The molecule has 0 aliphatic heterocycles. The number of hydrogen-bond acceptors (Lipinski definition) is 2. The molecule has 0 saturated heterocycles. The van der Waals surface area contributed by atoms with Crippen molar-refractivity contribution in [1.82, 2.24) is 4.90 Å². The van der Waals surface area contributed by atoms with Crippen LogP contribution < -0.4 is 0 Å². The molecule has 0 radical (unpaired) electrons. The molecule has 0 aromatic carbocycles. The van der Waals surface area contributed by atoms with Crippen molar-refractivity contribution in [1.29, 1.82) is 0 Å². The topological polar surface area (TPSA) is 20.3 Å². The van der Waals surface area contributed by atoms with E-state index in [1.54, 1.807) is 6.20 Å². The van der Waals surface area contributed by atoms with Crippen LogP contribution in [0.4, 0.5) is 0 Å². The van der Waals surface area contributed by atoms with E-state index in [4.69, 9.17) is 34.8 Å². The molecule has 2 nitrogen and oxygen atoms in total. The number of ketones is 1. The molecule has 0 unspecified atom stereocenters. The highest BCUT2D eigenvalue weighted by Crippen LogP contribution is 2.27. The Hall–Kier alpha value is 0.0800. The lowest BCUT2D eigenvalue weighted by Gasteiger charge is -2.14. The molecule has 0 N–H and O–H groups in total. The second kappa shape index (κ2) is 5.74. The average Bonchev–Trinajstić information content (AvgIpc) is 2.04. The third kappa shape index (κ3) is 5.40. The molecule has 0 fully saturated rings. The van der Waals surface area contributed by atoms with Crippen molar-refractivity contribution < 1.29 is 4.79 Å². The van der Waals surface area contributed by atoms with E-state index in [0.29, 0.717) is 0 Å². The molecule has 0 rings (SSSR count). The molecular formula is C8H12Cl3NO. The number of hydrogen-bond donors (Lipinski definition) is 0. The van der Waals surface area contributed by atoms with Crippen LogP contribution >= 0.6 is 34.8 Å². The number of halogens is 3. The van der Waals surface area contributed by atoms with Gasteiger partial charge in [-0.3, -0.25) is 4.79 Å². The maximum absolute atomic E-state index is 11.1. The van der Waals surface area contributed by atoms with E-state index >= 15 is 0 Å². The highest BCUT2D eigenvalue weighted by molar-refractivity contribution is 6.77. The molecule has 0 aromatic heterocycles. The Morgan fingerprint density at radius 1 is 1.31 bits per heavy atom. The first-order valence-corrected chi connectivity index (χ1v) is 5.08. The Morgan fingerprint density at radius 3 is 2.08 bits per heavy atom. The van der Waals surface area contributed by atoms with Gasteiger partial charge in [-0.15, -0.1) is 0 Å². The third-order valence-electron chi connectivity index (χ3n) is 1.53. The van der Waals surface area contributed by atoms with Gasteiger partial charge in [-0.2, -0.15) is 0 Å². The number of allylic oxidation sites excluding steroid dienone is 1. The molecule has 0 bridgehead atoms. The van der Waals surface area contributed by atoms with Crippen molar-refractivity contribution in [3.05, 3.63) is 12.3 Å². The zero-order valence-corrected chi connectivity index (χ0v) is 9.83. The Bertz CT molecular complexity index is 194. The fourth-order valence-electron chi connectivity index (χ4n) is 0.702. The van der Waals surface area contributed by atoms with Gasteiger partial charge in [0.15, 0.2) is 0 Å². The van der Waals surface area contributed by atoms with E-state index in [0.717, 1.165) is 13.1 Å². The maximum atomic E-state index is 11.1. The van der Waals surface area contributed by atoms with Gasteiger partial charge in [0.2, 0.25) is 5.78 Å². The van der Waals surface area contributed by atoms with Gasteiger partial charge in [-0.05, 0) is 13.8 Å². The molecule has 0 atom stereocenters. The van der Waals surface area contributed by atoms with Crippen molar-refractivity contribution in [3.8, 4) is 0 Å². The van der Waals surface area contributed by atoms with Crippen LogP contribution in [0.2, 0.25) is 0 Å². The largest absolute Gasteiger partial charge is 0.378 e. The van der Waals surface area contributed by atoms with Crippen molar-refractivity contribution >= 4 is 40.6 Å². The molecule has 5 heteroatoms. The lowest BCUT2D eigenvalue weighted by atomic mass is 10.4. The minimum atomic E-state index is -1.84. The van der Waals surface area contributed by atoms with Gasteiger partial charge >= 0.3 is 0 Å². The summed E-state index contributed by atoms with van der Waals surface area (Å²) in [6.07, 6.45) is 2.91. The molecule has 0 aromatic rings. The first-order valence-electron chi connectivity index (χ1n) is 3.95. The van der Waals surface area contributed by atoms with Crippen molar-refractivity contribution in [3.63, 3.8) is 0 Å². The Morgan fingerprint density at radius 2 is 1.77 bits per heavy atom. The zero-order valence-electron chi connectivity index (χ0n) is 7.56. The van der Waals surface area contributed by atoms with Crippen LogP contribution in [0.25, 0.3) is 0 Å². The van der Waals surface area contributed by atoms with Crippen LogP contribution in [0.15, 0.2) is 12.3 Å². The smallest absolute Gasteiger partial charge is 0.252 e. The first-order chi connectivity index (χ1) is 5.91. The zero-order chi connectivity index (χ0) is 10.5. The van der Waals surface area contributed by atoms with Crippen LogP contribution in [0.3, 0.4) is 0 Å². The summed E-state index contributed by atoms with van der Waals surface area (Å²) in [5, 5.41) is 0. The standard InChI is InChI=1S/C8H12Cl3NO/c1-3-12(4-2)6-5-7(13)8(9,10)11/h5-6H,3-4H2,1-2H3. The number of carbonyl (C=O) groups is 1. The first kappa shape index (κ1) is 13.1. The van der Waals surface area contributed by atoms with Gasteiger partial charge in [0, 0.05) is 25.4 Å². The third-order valence-corrected chi connectivity index (χ3v) is 2.09. The molecule has 0 aliphatic rings. The second-order valence-corrected chi connectivity index (χ2v) is 4.68. The molecule has 0 spiro atoms. The van der Waals surface area contributed by atoms with Crippen molar-refractivity contribution in [2.75, 3.05) is 13.1 Å². The summed E-state index contributed by atoms with van der Waals surface area (Å²) in [5.74, 6) is -0.524. The number of rotatable bonds is 4. The second-order valence-electron chi connectivity index (χ2n) is 2.40. The average molecular weight is 245 g/mol. The van der Waals surface area contributed by atoms with Crippen LogP contribution in [-0.2, 0) is 4.79 Å². The van der Waals surface area contributed by atoms with Crippen molar-refractivity contribution in [2.24, 2.45) is 0 Å². The monoisotopic (exact) mass is 243 g/mol. The van der Waals surface area contributed by atoms with E-state index in [1.165, 1.54) is 6.08 Å². The van der Waals surface area contributed by atoms with Gasteiger partial charge in [0.1, 0.15) is 0 Å². The predicted octanol–water partition coefficient (Wildman–Crippen LogP) is 2.78. The summed E-state index contributed by atoms with van der Waals surface area (Å²) < 4.78 is -1.84.